The fourth-order valence-electron chi connectivity index (χ4n) is 5.84. The number of hydrazone groups is 1. The van der Waals surface area contributed by atoms with Gasteiger partial charge in [-0.15, -0.1) is 0 Å². The molecule has 2 heterocycles. The quantitative estimate of drug-likeness (QED) is 0.764. The molecule has 0 spiro atoms. The van der Waals surface area contributed by atoms with Crippen LogP contribution in [0.5, 0.6) is 0 Å². The fraction of sp³-hybridized carbons (Fsp3) is 0.583. The lowest BCUT2D eigenvalue weighted by atomic mass is 9.70. The van der Waals surface area contributed by atoms with Crippen molar-refractivity contribution in [3.8, 4) is 0 Å². The van der Waals surface area contributed by atoms with Gasteiger partial charge in [-0.3, -0.25) is 14.2 Å². The van der Waals surface area contributed by atoms with E-state index >= 15 is 0 Å². The van der Waals surface area contributed by atoms with Crippen molar-refractivity contribution in [2.75, 3.05) is 0 Å². The molecule has 30 heavy (non-hydrogen) atoms. The molecule has 0 saturated heterocycles. The van der Waals surface area contributed by atoms with Gasteiger partial charge in [0, 0.05) is 29.7 Å². The molecule has 1 amide bonds. The van der Waals surface area contributed by atoms with E-state index in [1.54, 1.807) is 22.8 Å². The molecule has 3 aliphatic rings. The van der Waals surface area contributed by atoms with Crippen molar-refractivity contribution in [3.63, 3.8) is 0 Å². The summed E-state index contributed by atoms with van der Waals surface area (Å²) >= 11 is 0. The second kappa shape index (κ2) is 6.76. The van der Waals surface area contributed by atoms with Gasteiger partial charge in [-0.05, 0) is 61.6 Å². The summed E-state index contributed by atoms with van der Waals surface area (Å²) in [4.78, 5) is 30.4. The minimum Gasteiger partial charge on any atom is -0.296 e. The standard InChI is InChI=1S/C24H30N4O2/c1-23(2)16-10-11-24(23,3)19(14-16)26-27-21(29)15-8-9-17-18(13-15)25-20-7-5-4-6-12-28(20)22(17)30/h8-9,13,16H,4-7,10-12,14H2,1-3H3,(H,27,29)/b26-19+/t16-,24+/m1/s1. The van der Waals surface area contributed by atoms with Crippen LogP contribution in [-0.4, -0.2) is 21.2 Å². The Morgan fingerprint density at radius 3 is 2.80 bits per heavy atom. The van der Waals surface area contributed by atoms with E-state index in [4.69, 9.17) is 4.98 Å². The molecule has 6 heteroatoms. The van der Waals surface area contributed by atoms with E-state index in [0.29, 0.717) is 22.4 Å². The van der Waals surface area contributed by atoms with Crippen molar-refractivity contribution in [2.45, 2.75) is 72.3 Å². The van der Waals surface area contributed by atoms with Gasteiger partial charge in [-0.1, -0.05) is 27.2 Å². The first-order valence-electron chi connectivity index (χ1n) is 11.2. The topological polar surface area (TPSA) is 76.3 Å². The molecule has 2 atom stereocenters. The Labute approximate surface area is 176 Å². The van der Waals surface area contributed by atoms with Crippen molar-refractivity contribution in [1.29, 1.82) is 0 Å². The first kappa shape index (κ1) is 19.5. The molecular formula is C24H30N4O2. The summed E-state index contributed by atoms with van der Waals surface area (Å²) < 4.78 is 1.80. The predicted octanol–water partition coefficient (Wildman–Crippen LogP) is 4.05. The summed E-state index contributed by atoms with van der Waals surface area (Å²) in [5.74, 6) is 1.23. The van der Waals surface area contributed by atoms with Gasteiger partial charge in [0.2, 0.25) is 0 Å². The second-order valence-corrected chi connectivity index (χ2v) is 10.0. The molecular weight excluding hydrogens is 376 g/mol. The van der Waals surface area contributed by atoms with Crippen LogP contribution >= 0.6 is 0 Å². The van der Waals surface area contributed by atoms with Crippen LogP contribution in [0.25, 0.3) is 10.9 Å². The van der Waals surface area contributed by atoms with E-state index in [2.05, 4.69) is 31.3 Å². The maximum Gasteiger partial charge on any atom is 0.271 e. The molecule has 2 aromatic rings. The molecule has 0 unspecified atom stereocenters. The number of carbonyl (C=O) groups is 1. The maximum atomic E-state index is 12.9. The number of amides is 1. The van der Waals surface area contributed by atoms with Gasteiger partial charge in [0.05, 0.1) is 10.9 Å². The molecule has 1 aliphatic heterocycles. The van der Waals surface area contributed by atoms with E-state index < -0.39 is 0 Å². The number of rotatable bonds is 2. The molecule has 2 bridgehead atoms. The zero-order chi connectivity index (χ0) is 21.1. The highest BCUT2D eigenvalue weighted by Gasteiger charge is 2.60. The van der Waals surface area contributed by atoms with E-state index in [0.717, 1.165) is 56.6 Å². The van der Waals surface area contributed by atoms with Crippen LogP contribution in [-0.2, 0) is 13.0 Å². The third-order valence-corrected chi connectivity index (χ3v) is 8.38. The Morgan fingerprint density at radius 1 is 1.23 bits per heavy atom. The van der Waals surface area contributed by atoms with Gasteiger partial charge < -0.3 is 0 Å². The highest BCUT2D eigenvalue weighted by atomic mass is 16.2. The van der Waals surface area contributed by atoms with E-state index in [-0.39, 0.29) is 22.3 Å². The number of hydrogen-bond donors (Lipinski definition) is 1. The average Bonchev–Trinajstić information content (AvgIpc) is 2.95. The first-order chi connectivity index (χ1) is 14.3. The van der Waals surface area contributed by atoms with Crippen LogP contribution in [0.1, 0.15) is 75.5 Å². The minimum atomic E-state index is -0.245. The molecule has 2 fully saturated rings. The summed E-state index contributed by atoms with van der Waals surface area (Å²) in [5, 5.41) is 5.14. The Hall–Kier alpha value is -2.50. The molecule has 1 aromatic carbocycles. The van der Waals surface area contributed by atoms with E-state index in [1.165, 1.54) is 6.42 Å². The monoisotopic (exact) mass is 406 g/mol. The lowest BCUT2D eigenvalue weighted by molar-refractivity contribution is 0.0954. The lowest BCUT2D eigenvalue weighted by Gasteiger charge is -2.34. The van der Waals surface area contributed by atoms with Crippen LogP contribution in [0, 0.1) is 16.7 Å². The Morgan fingerprint density at radius 2 is 2.07 bits per heavy atom. The predicted molar refractivity (Wildman–Crippen MR) is 118 cm³/mol. The van der Waals surface area contributed by atoms with Crippen molar-refractivity contribution in [2.24, 2.45) is 21.8 Å². The minimum absolute atomic E-state index is 0.00115. The largest absolute Gasteiger partial charge is 0.296 e. The number of hydrogen-bond acceptors (Lipinski definition) is 4. The Bertz CT molecular complexity index is 1130. The molecule has 1 aromatic heterocycles. The Kier molecular flexibility index (Phi) is 4.38. The van der Waals surface area contributed by atoms with Crippen molar-refractivity contribution >= 4 is 22.5 Å². The van der Waals surface area contributed by atoms with Gasteiger partial charge in [-0.25, -0.2) is 10.4 Å². The van der Waals surface area contributed by atoms with Gasteiger partial charge in [0.25, 0.3) is 11.5 Å². The van der Waals surface area contributed by atoms with Gasteiger partial charge in [0.15, 0.2) is 0 Å². The lowest BCUT2D eigenvalue weighted by Crippen LogP contribution is -2.34. The summed E-state index contributed by atoms with van der Waals surface area (Å²) in [5.41, 5.74) is 5.26. The third kappa shape index (κ3) is 2.76. The first-order valence-corrected chi connectivity index (χ1v) is 11.2. The SMILES string of the molecule is CC1(C)[C@@H]2CC[C@@]1(C)/C(=N/NC(=O)c1ccc3c(=O)n4c(nc3c1)CCCCC4)C2. The number of aryl methyl sites for hydroxylation is 1. The van der Waals surface area contributed by atoms with Crippen molar-refractivity contribution < 1.29 is 4.79 Å². The maximum absolute atomic E-state index is 12.9. The van der Waals surface area contributed by atoms with Crippen LogP contribution < -0.4 is 11.0 Å². The normalized spacial score (nSPS) is 28.5. The van der Waals surface area contributed by atoms with Gasteiger partial charge >= 0.3 is 0 Å². The summed E-state index contributed by atoms with van der Waals surface area (Å²) in [7, 11) is 0. The highest BCUT2D eigenvalue weighted by molar-refractivity contribution is 6.00. The molecule has 2 aliphatic carbocycles. The molecule has 1 N–H and O–H groups in total. The number of nitrogens with zero attached hydrogens (tertiary/aromatic N) is 3. The van der Waals surface area contributed by atoms with Crippen LogP contribution in [0.15, 0.2) is 28.1 Å². The van der Waals surface area contributed by atoms with Crippen molar-refractivity contribution in [3.05, 3.63) is 39.9 Å². The molecule has 5 rings (SSSR count). The van der Waals surface area contributed by atoms with Gasteiger partial charge in [0.1, 0.15) is 5.82 Å². The number of aromatic nitrogens is 2. The zero-order valence-electron chi connectivity index (χ0n) is 18.1. The molecule has 0 radical (unpaired) electrons. The summed E-state index contributed by atoms with van der Waals surface area (Å²) in [6, 6.07) is 5.16. The average molecular weight is 407 g/mol. The fourth-order valence-corrected chi connectivity index (χ4v) is 5.84. The van der Waals surface area contributed by atoms with Crippen LogP contribution in [0.3, 0.4) is 0 Å². The van der Waals surface area contributed by atoms with E-state index in [9.17, 15) is 9.59 Å². The summed E-state index contributed by atoms with van der Waals surface area (Å²) in [6.45, 7) is 7.66. The molecule has 2 saturated carbocycles. The van der Waals surface area contributed by atoms with Gasteiger partial charge in [-0.2, -0.15) is 5.10 Å². The van der Waals surface area contributed by atoms with Crippen LogP contribution in [0.4, 0.5) is 0 Å². The zero-order valence-corrected chi connectivity index (χ0v) is 18.1. The van der Waals surface area contributed by atoms with E-state index in [1.807, 2.05) is 0 Å². The molecule has 6 nitrogen and oxygen atoms in total. The summed E-state index contributed by atoms with van der Waals surface area (Å²) in [6.07, 6.45) is 7.32. The molecule has 158 valence electrons. The second-order valence-electron chi connectivity index (χ2n) is 10.0. The number of carbonyl (C=O) groups excluding carboxylic acids is 1. The van der Waals surface area contributed by atoms with Crippen LogP contribution in [0.2, 0.25) is 0 Å². The van der Waals surface area contributed by atoms with Crippen molar-refractivity contribution in [1.82, 2.24) is 15.0 Å². The third-order valence-electron chi connectivity index (χ3n) is 8.38. The number of benzene rings is 1. The Balaban J connectivity index is 1.43. The smallest absolute Gasteiger partial charge is 0.271 e. The number of fused-ring (bicyclic) bond motifs is 4. The highest BCUT2D eigenvalue weighted by Crippen LogP contribution is 2.63. The number of nitrogens with one attached hydrogen (secondary N) is 1.